The quantitative estimate of drug-likeness (QED) is 0.357. The first kappa shape index (κ1) is 30.1. The molecule has 3 unspecified atom stereocenters. The molecule has 3 aliphatic heterocycles. The smallest absolute Gasteiger partial charge is 0.181 e. The molecule has 0 aromatic heterocycles. The van der Waals surface area contributed by atoms with Crippen molar-refractivity contribution in [2.45, 2.75) is 89.8 Å². The first-order chi connectivity index (χ1) is 11.5. The maximum atomic E-state index is 8.68. The summed E-state index contributed by atoms with van der Waals surface area (Å²) in [5, 5.41) is 8.68. The van der Waals surface area contributed by atoms with Gasteiger partial charge in [0.15, 0.2) is 25.2 Å². The van der Waals surface area contributed by atoms with Crippen LogP contribution in [0, 0.1) is 44.1 Å². The van der Waals surface area contributed by atoms with E-state index in [1.807, 2.05) is 13.8 Å². The van der Waals surface area contributed by atoms with Crippen molar-refractivity contribution in [3.05, 3.63) is 0 Å². The number of ether oxygens (including phenoxy) is 6. The van der Waals surface area contributed by atoms with Gasteiger partial charge in [0.05, 0.1) is 19.3 Å². The van der Waals surface area contributed by atoms with Crippen LogP contribution in [0.15, 0.2) is 0 Å². The van der Waals surface area contributed by atoms with E-state index in [9.17, 15) is 0 Å². The molecule has 3 aliphatic rings. The molecule has 26 heavy (non-hydrogen) atoms. The number of hydrogen-bond donors (Lipinski definition) is 1. The Hall–Kier alpha value is 1.89. The molecule has 3 rings (SSSR count). The normalized spacial score (nSPS) is 35.3. The Morgan fingerprint density at radius 3 is 1.50 bits per heavy atom. The standard InChI is InChI=1S/C6H12O2.C5H9IO2.C5H10O3.CH4.Ac/c1-3-6-7-4-5(2)8-6;2*1-2-5-7-3-4(6)8-5;;/h5-6H,3-4H2,1-2H3;4-5H,2-3H2,1H3;4-6H,2-3H2,1H3;1H4;/t5?,6-;2*4?,5-;;/m000../s1. The number of aliphatic hydroxyl groups is 1. The van der Waals surface area contributed by atoms with Crippen molar-refractivity contribution in [1.82, 2.24) is 0 Å². The predicted molar refractivity (Wildman–Crippen MR) is 103 cm³/mol. The zero-order valence-electron chi connectivity index (χ0n) is 15.6. The van der Waals surface area contributed by atoms with Gasteiger partial charge in [-0.25, -0.2) is 0 Å². The minimum atomic E-state index is -0.694. The molecule has 1 radical (unpaired) electrons. The Bertz CT molecular complexity index is 280. The number of hydrogen-bond acceptors (Lipinski definition) is 7. The van der Waals surface area contributed by atoms with Gasteiger partial charge in [-0.15, -0.1) is 0 Å². The number of rotatable bonds is 3. The van der Waals surface area contributed by atoms with Crippen LogP contribution in [0.25, 0.3) is 0 Å². The Kier molecular flexibility index (Phi) is 20.5. The Morgan fingerprint density at radius 2 is 1.27 bits per heavy atom. The SMILES string of the molecule is C.CC[C@H]1OCC(C)O1.CC[C@H]1OCC(I)O1.CC[C@H]1OCC(O)O1.[Ac]. The van der Waals surface area contributed by atoms with E-state index in [0.717, 1.165) is 32.5 Å². The van der Waals surface area contributed by atoms with Crippen molar-refractivity contribution in [2.75, 3.05) is 19.8 Å². The summed E-state index contributed by atoms with van der Waals surface area (Å²) >= 11 is 2.22. The van der Waals surface area contributed by atoms with Gasteiger partial charge in [0.2, 0.25) is 0 Å². The number of aliphatic hydroxyl groups excluding tert-OH is 1. The summed E-state index contributed by atoms with van der Waals surface area (Å²) in [5.41, 5.74) is 0. The molecule has 155 valence electrons. The van der Waals surface area contributed by atoms with E-state index >= 15 is 0 Å². The van der Waals surface area contributed by atoms with E-state index in [1.54, 1.807) is 0 Å². The molecule has 0 saturated carbocycles. The summed E-state index contributed by atoms with van der Waals surface area (Å²) < 4.78 is 31.0. The van der Waals surface area contributed by atoms with Gasteiger partial charge in [-0.2, -0.15) is 0 Å². The van der Waals surface area contributed by atoms with Crippen molar-refractivity contribution in [2.24, 2.45) is 0 Å². The summed E-state index contributed by atoms with van der Waals surface area (Å²) in [4.78, 5) is 0. The van der Waals surface area contributed by atoms with Crippen LogP contribution in [0.3, 0.4) is 0 Å². The fourth-order valence-corrected chi connectivity index (χ4v) is 2.63. The Balaban J connectivity index is 0. The van der Waals surface area contributed by atoms with Gasteiger partial charge < -0.3 is 33.5 Å². The molecule has 1 N–H and O–H groups in total. The molecular formula is C17H35AcIO7. The van der Waals surface area contributed by atoms with E-state index in [4.69, 9.17) is 33.5 Å². The fraction of sp³-hybridized carbons (Fsp3) is 1.00. The van der Waals surface area contributed by atoms with Crippen LogP contribution >= 0.6 is 22.6 Å². The van der Waals surface area contributed by atoms with Crippen molar-refractivity contribution in [3.8, 4) is 0 Å². The molecule has 0 spiro atoms. The van der Waals surface area contributed by atoms with Gasteiger partial charge in [-0.05, 0) is 48.8 Å². The third kappa shape index (κ3) is 13.2. The molecule has 3 heterocycles. The second-order valence-electron chi connectivity index (χ2n) is 5.60. The van der Waals surface area contributed by atoms with Crippen LogP contribution in [0.5, 0.6) is 0 Å². The van der Waals surface area contributed by atoms with Crippen LogP contribution < -0.4 is 0 Å². The summed E-state index contributed by atoms with van der Waals surface area (Å²) in [6.45, 7) is 9.91. The minimum absolute atomic E-state index is 0. The van der Waals surface area contributed by atoms with Gasteiger partial charge in [-0.1, -0.05) is 28.2 Å². The van der Waals surface area contributed by atoms with E-state index in [2.05, 4.69) is 36.4 Å². The molecule has 0 amide bonds. The zero-order valence-corrected chi connectivity index (χ0v) is 22.5. The second kappa shape index (κ2) is 17.7. The van der Waals surface area contributed by atoms with Gasteiger partial charge in [-0.3, -0.25) is 0 Å². The van der Waals surface area contributed by atoms with Crippen LogP contribution in [-0.2, 0) is 28.4 Å². The number of halogens is 1. The summed E-state index contributed by atoms with van der Waals surface area (Å²) in [6.07, 6.45) is 2.30. The molecule has 9 heteroatoms. The third-order valence-electron chi connectivity index (χ3n) is 3.35. The maximum absolute atomic E-state index is 8.68. The second-order valence-corrected chi connectivity index (χ2v) is 6.99. The minimum Gasteiger partial charge on any atom is -0.366 e. The number of alkyl halides is 1. The van der Waals surface area contributed by atoms with Gasteiger partial charge >= 0.3 is 0 Å². The maximum Gasteiger partial charge on any atom is 0.181 e. The first-order valence-corrected chi connectivity index (χ1v) is 9.86. The van der Waals surface area contributed by atoms with Crippen LogP contribution in [0.4, 0.5) is 0 Å². The molecule has 7 nitrogen and oxygen atoms in total. The Labute approximate surface area is 207 Å². The molecular weight excluding hydrogens is 670 g/mol. The largest absolute Gasteiger partial charge is 0.366 e. The molecule has 3 fully saturated rings. The molecule has 0 aliphatic carbocycles. The average Bonchev–Trinajstić information content (AvgIpc) is 3.30. The fourth-order valence-electron chi connectivity index (χ4n) is 2.09. The molecule has 0 aromatic rings. The van der Waals surface area contributed by atoms with Crippen LogP contribution in [0.1, 0.15) is 54.4 Å². The molecule has 0 bridgehead atoms. The van der Waals surface area contributed by atoms with Crippen LogP contribution in [0.2, 0.25) is 0 Å². The van der Waals surface area contributed by atoms with Gasteiger partial charge in [0.1, 0.15) is 10.7 Å². The van der Waals surface area contributed by atoms with Gasteiger partial charge in [0, 0.05) is 44.1 Å². The average molecular weight is 705 g/mol. The van der Waals surface area contributed by atoms with E-state index in [-0.39, 0.29) is 74.5 Å². The topological polar surface area (TPSA) is 75.6 Å². The predicted octanol–water partition coefficient (Wildman–Crippen LogP) is 3.41. The van der Waals surface area contributed by atoms with Crippen molar-refractivity contribution >= 4 is 22.6 Å². The molecule has 3 saturated heterocycles. The van der Waals surface area contributed by atoms with E-state index in [1.165, 1.54) is 0 Å². The van der Waals surface area contributed by atoms with Crippen molar-refractivity contribution < 1.29 is 77.6 Å². The summed E-state index contributed by atoms with van der Waals surface area (Å²) in [5.74, 6) is 0. The van der Waals surface area contributed by atoms with Gasteiger partial charge in [0.25, 0.3) is 0 Å². The Morgan fingerprint density at radius 1 is 0.808 bits per heavy atom. The molecule has 0 aromatic carbocycles. The van der Waals surface area contributed by atoms with E-state index in [0.29, 0.717) is 12.7 Å². The van der Waals surface area contributed by atoms with Crippen molar-refractivity contribution in [1.29, 1.82) is 0 Å². The third-order valence-corrected chi connectivity index (χ3v) is 4.00. The van der Waals surface area contributed by atoms with Crippen molar-refractivity contribution in [3.63, 3.8) is 0 Å². The zero-order chi connectivity index (χ0) is 17.9. The van der Waals surface area contributed by atoms with E-state index < -0.39 is 6.29 Å². The summed E-state index contributed by atoms with van der Waals surface area (Å²) in [7, 11) is 0. The van der Waals surface area contributed by atoms with Crippen LogP contribution in [-0.4, -0.2) is 60.3 Å². The molecule has 6 atom stereocenters. The first-order valence-electron chi connectivity index (χ1n) is 8.61. The monoisotopic (exact) mass is 705 g/mol. The summed E-state index contributed by atoms with van der Waals surface area (Å²) in [6, 6.07) is 0.